The van der Waals surface area contributed by atoms with Crippen LogP contribution in [0.4, 0.5) is 0 Å². The number of amidine groups is 1. The lowest BCUT2D eigenvalue weighted by atomic mass is 9.88. The van der Waals surface area contributed by atoms with Crippen molar-refractivity contribution in [3.8, 4) is 0 Å². The average Bonchev–Trinajstić information content (AvgIpc) is 2.63. The zero-order chi connectivity index (χ0) is 13.2. The third kappa shape index (κ3) is 2.19. The summed E-state index contributed by atoms with van der Waals surface area (Å²) in [7, 11) is 2.71. The highest BCUT2D eigenvalue weighted by Gasteiger charge is 2.24. The van der Waals surface area contributed by atoms with Crippen molar-refractivity contribution in [3.05, 3.63) is 35.0 Å². The first-order chi connectivity index (χ1) is 8.60. The van der Waals surface area contributed by atoms with Gasteiger partial charge in [-0.15, -0.1) is 9.24 Å². The first-order valence-electron chi connectivity index (χ1n) is 5.67. The van der Waals surface area contributed by atoms with E-state index >= 15 is 0 Å². The quantitative estimate of drug-likeness (QED) is 0.219. The van der Waals surface area contributed by atoms with Gasteiger partial charge in [0.05, 0.1) is 5.41 Å². The highest BCUT2D eigenvalue weighted by Crippen LogP contribution is 2.21. The monoisotopic (exact) mass is 263 g/mol. The maximum absolute atomic E-state index is 5.96. The van der Waals surface area contributed by atoms with Crippen LogP contribution in [0.5, 0.6) is 0 Å². The van der Waals surface area contributed by atoms with Gasteiger partial charge in [-0.25, -0.2) is 11.4 Å². The zero-order valence-corrected chi connectivity index (χ0v) is 11.5. The highest BCUT2D eigenvalue weighted by molar-refractivity contribution is 7.15. The van der Waals surface area contributed by atoms with E-state index in [1.165, 1.54) is 5.35 Å². The normalized spacial score (nSPS) is 22.7. The van der Waals surface area contributed by atoms with E-state index < -0.39 is 5.41 Å². The number of hydrazine groups is 1. The van der Waals surface area contributed by atoms with E-state index in [0.29, 0.717) is 5.84 Å². The van der Waals surface area contributed by atoms with Crippen LogP contribution in [0.15, 0.2) is 29.5 Å². The molecule has 0 aliphatic heterocycles. The Kier molecular flexibility index (Phi) is 3.55. The minimum atomic E-state index is -0.443. The molecule has 5 N–H and O–H groups in total. The molecule has 1 aromatic rings. The molecule has 6 heteroatoms. The smallest absolute Gasteiger partial charge is 0.134 e. The highest BCUT2D eigenvalue weighted by atomic mass is 31.0. The van der Waals surface area contributed by atoms with Crippen molar-refractivity contribution < 1.29 is 0 Å². The van der Waals surface area contributed by atoms with Gasteiger partial charge in [0, 0.05) is 17.8 Å². The number of hydrazone groups is 1. The average molecular weight is 263 g/mol. The third-order valence-electron chi connectivity index (χ3n) is 3.12. The Morgan fingerprint density at radius 3 is 3.06 bits per heavy atom. The summed E-state index contributed by atoms with van der Waals surface area (Å²) in [6, 6.07) is 2.07. The second-order valence-corrected chi connectivity index (χ2v) is 4.75. The minimum absolute atomic E-state index is 0.432. The molecular weight excluding hydrogens is 245 g/mol. The first kappa shape index (κ1) is 12.9. The second-order valence-electron chi connectivity index (χ2n) is 4.39. The van der Waals surface area contributed by atoms with Crippen molar-refractivity contribution >= 4 is 27.2 Å². The van der Waals surface area contributed by atoms with Gasteiger partial charge < -0.3 is 10.3 Å². The fourth-order valence-electron chi connectivity index (χ4n) is 2.03. The minimum Gasteiger partial charge on any atom is -0.385 e. The Balaban J connectivity index is 2.60. The van der Waals surface area contributed by atoms with Crippen molar-refractivity contribution in [2.24, 2.45) is 22.1 Å². The lowest BCUT2D eigenvalue weighted by Gasteiger charge is -2.20. The van der Waals surface area contributed by atoms with Crippen molar-refractivity contribution in [2.75, 3.05) is 0 Å². The number of aromatic nitrogens is 1. The molecule has 5 nitrogen and oxygen atoms in total. The molecule has 2 atom stereocenters. The number of rotatable bonds is 3. The standard InChI is InChI=1S/C12H18N5P/c1-12(11(13)15-16-14)5-2-3-10-9(7-12)4-6-17(10)8-18/h2-7,16H,8,14,18H2,1H3,(H2,13,15). The lowest BCUT2D eigenvalue weighted by molar-refractivity contribution is 0.743. The molecule has 1 aliphatic rings. The molecule has 1 heterocycles. The van der Waals surface area contributed by atoms with Gasteiger partial charge in [0.15, 0.2) is 0 Å². The van der Waals surface area contributed by atoms with E-state index in [1.807, 2.05) is 19.1 Å². The first-order valence-corrected chi connectivity index (χ1v) is 6.49. The molecule has 1 aliphatic carbocycles. The number of nitrogens with two attached hydrogens (primary N) is 2. The summed E-state index contributed by atoms with van der Waals surface area (Å²) in [6.07, 6.45) is 11.1. The van der Waals surface area contributed by atoms with Crippen LogP contribution in [0.1, 0.15) is 6.92 Å². The molecule has 2 rings (SSSR count). The number of hydrogen-bond donors (Lipinski definition) is 3. The Morgan fingerprint density at radius 1 is 1.61 bits per heavy atom. The van der Waals surface area contributed by atoms with Gasteiger partial charge in [-0.3, -0.25) is 0 Å². The van der Waals surface area contributed by atoms with E-state index in [-0.39, 0.29) is 0 Å². The van der Waals surface area contributed by atoms with Gasteiger partial charge in [-0.1, -0.05) is 18.2 Å². The number of allylic oxidation sites excluding steroid dienone is 1. The Labute approximate surface area is 108 Å². The van der Waals surface area contributed by atoms with Crippen LogP contribution in [0.3, 0.4) is 0 Å². The van der Waals surface area contributed by atoms with Crippen LogP contribution in [0, 0.1) is 5.41 Å². The summed E-state index contributed by atoms with van der Waals surface area (Å²) in [5.41, 5.74) is 7.76. The van der Waals surface area contributed by atoms with Crippen molar-refractivity contribution in [1.29, 1.82) is 0 Å². The SMILES string of the molecule is CC1(/C(N)=N/NN)C=CC=c2c(ccn2CP)=C1. The van der Waals surface area contributed by atoms with Gasteiger partial charge in [0.25, 0.3) is 0 Å². The number of nitrogens with zero attached hydrogens (tertiary/aromatic N) is 2. The van der Waals surface area contributed by atoms with Gasteiger partial charge in [-0.05, 0) is 24.3 Å². The molecule has 1 aromatic heterocycles. The predicted octanol–water partition coefficient (Wildman–Crippen LogP) is -0.807. The summed E-state index contributed by atoms with van der Waals surface area (Å²) in [6.45, 7) is 2.00. The Morgan fingerprint density at radius 2 is 2.39 bits per heavy atom. The molecule has 0 amide bonds. The van der Waals surface area contributed by atoms with Crippen molar-refractivity contribution in [3.63, 3.8) is 0 Å². The zero-order valence-electron chi connectivity index (χ0n) is 10.3. The predicted molar refractivity (Wildman–Crippen MR) is 78.5 cm³/mol. The van der Waals surface area contributed by atoms with Crippen LogP contribution < -0.4 is 27.7 Å². The van der Waals surface area contributed by atoms with Gasteiger partial charge >= 0.3 is 0 Å². The summed E-state index contributed by atoms with van der Waals surface area (Å²) in [4.78, 5) is 0. The summed E-state index contributed by atoms with van der Waals surface area (Å²) in [5, 5.41) is 6.18. The fourth-order valence-corrected chi connectivity index (χ4v) is 2.35. The van der Waals surface area contributed by atoms with Crippen molar-refractivity contribution in [2.45, 2.75) is 13.2 Å². The molecule has 0 radical (unpaired) electrons. The second kappa shape index (κ2) is 4.96. The van der Waals surface area contributed by atoms with Gasteiger partial charge in [-0.2, -0.15) is 5.10 Å². The number of fused-ring (bicyclic) bond motifs is 1. The van der Waals surface area contributed by atoms with Gasteiger partial charge in [0.2, 0.25) is 0 Å². The molecule has 18 heavy (non-hydrogen) atoms. The van der Waals surface area contributed by atoms with E-state index in [2.05, 4.69) is 48.9 Å². The lowest BCUT2D eigenvalue weighted by Crippen LogP contribution is -2.37. The molecule has 0 saturated carbocycles. The number of nitrogens with one attached hydrogen (secondary N) is 1. The molecule has 2 unspecified atom stereocenters. The van der Waals surface area contributed by atoms with Crippen LogP contribution in [-0.2, 0) is 6.29 Å². The van der Waals surface area contributed by atoms with Crippen LogP contribution in [0.2, 0.25) is 0 Å². The molecular formula is C12H18N5P. The molecule has 0 aromatic carbocycles. The van der Waals surface area contributed by atoms with E-state index in [4.69, 9.17) is 11.6 Å². The Bertz CT molecular complexity index is 613. The number of hydrogen-bond acceptors (Lipinski definition) is 3. The summed E-state index contributed by atoms with van der Waals surface area (Å²) >= 11 is 0. The van der Waals surface area contributed by atoms with E-state index in [1.54, 1.807) is 0 Å². The molecule has 0 fully saturated rings. The largest absolute Gasteiger partial charge is 0.385 e. The molecule has 0 bridgehead atoms. The third-order valence-corrected chi connectivity index (χ3v) is 3.52. The van der Waals surface area contributed by atoms with E-state index in [9.17, 15) is 0 Å². The topological polar surface area (TPSA) is 81.4 Å². The van der Waals surface area contributed by atoms with E-state index in [0.717, 1.165) is 11.5 Å². The maximum Gasteiger partial charge on any atom is 0.134 e. The molecule has 0 spiro atoms. The maximum atomic E-state index is 5.96. The van der Waals surface area contributed by atoms with Crippen LogP contribution >= 0.6 is 9.24 Å². The molecule has 0 saturated heterocycles. The fraction of sp³-hybridized carbons (Fsp3) is 0.250. The van der Waals surface area contributed by atoms with Crippen LogP contribution in [-0.4, -0.2) is 10.4 Å². The summed E-state index contributed by atoms with van der Waals surface area (Å²) < 4.78 is 2.15. The summed E-state index contributed by atoms with van der Waals surface area (Å²) in [5.74, 6) is 5.62. The van der Waals surface area contributed by atoms with Crippen molar-refractivity contribution in [1.82, 2.24) is 10.1 Å². The Hall–Kier alpha value is -1.58. The van der Waals surface area contributed by atoms with Gasteiger partial charge in [0.1, 0.15) is 5.84 Å². The molecule has 96 valence electrons. The van der Waals surface area contributed by atoms with Crippen LogP contribution in [0.25, 0.3) is 12.2 Å².